The Morgan fingerprint density at radius 1 is 1.00 bits per heavy atom. The van der Waals surface area contributed by atoms with Crippen LogP contribution in [0.2, 0.25) is 0 Å². The van der Waals surface area contributed by atoms with Crippen LogP contribution in [-0.2, 0) is 9.47 Å². The van der Waals surface area contributed by atoms with Gasteiger partial charge in [0, 0.05) is 19.1 Å². The van der Waals surface area contributed by atoms with Crippen molar-refractivity contribution in [2.75, 3.05) is 26.3 Å². The van der Waals surface area contributed by atoms with Crippen LogP contribution < -0.4 is 0 Å². The maximum atomic E-state index is 12.9. The van der Waals surface area contributed by atoms with Gasteiger partial charge in [0.25, 0.3) is 0 Å². The van der Waals surface area contributed by atoms with E-state index >= 15 is 0 Å². The summed E-state index contributed by atoms with van der Waals surface area (Å²) in [6.45, 7) is 3.01. The molecule has 6 heteroatoms. The van der Waals surface area contributed by atoms with Crippen LogP contribution in [0, 0.1) is 5.92 Å². The molecule has 4 unspecified atom stereocenters. The van der Waals surface area contributed by atoms with Gasteiger partial charge in [0.1, 0.15) is 0 Å². The van der Waals surface area contributed by atoms with Crippen LogP contribution in [0.1, 0.15) is 25.7 Å². The van der Waals surface area contributed by atoms with Gasteiger partial charge in [-0.1, -0.05) is 6.42 Å². The molecule has 0 bridgehead atoms. The summed E-state index contributed by atoms with van der Waals surface area (Å²) >= 11 is 0. The molecule has 0 N–H and O–H groups in total. The second-order valence-corrected chi connectivity index (χ2v) is 5.92. The third-order valence-corrected chi connectivity index (χ3v) is 4.31. The van der Waals surface area contributed by atoms with E-state index in [2.05, 4.69) is 4.90 Å². The Balaban J connectivity index is 1.59. The fraction of sp³-hybridized carbons (Fsp3) is 1.00. The van der Waals surface area contributed by atoms with E-state index in [0.29, 0.717) is 6.42 Å². The van der Waals surface area contributed by atoms with Crippen molar-refractivity contribution in [3.63, 3.8) is 0 Å². The first-order chi connectivity index (χ1) is 9.02. The Hall–Kier alpha value is -0.330. The Morgan fingerprint density at radius 3 is 2.05 bits per heavy atom. The second-order valence-electron chi connectivity index (χ2n) is 5.92. The predicted octanol–water partition coefficient (Wildman–Crippen LogP) is 2.21. The van der Waals surface area contributed by atoms with Crippen molar-refractivity contribution in [2.45, 2.75) is 50.1 Å². The van der Waals surface area contributed by atoms with Crippen molar-refractivity contribution in [3.05, 3.63) is 0 Å². The quantitative estimate of drug-likeness (QED) is 0.722. The average Bonchev–Trinajstić information content (AvgIpc) is 3.22. The fourth-order valence-electron chi connectivity index (χ4n) is 3.04. The minimum atomic E-state index is -4.05. The van der Waals surface area contributed by atoms with E-state index in [-0.39, 0.29) is 31.1 Å². The molecule has 1 saturated carbocycles. The summed E-state index contributed by atoms with van der Waals surface area (Å²) in [6, 6.07) is 0.0359. The number of epoxide rings is 2. The Kier molecular flexibility index (Phi) is 3.75. The number of hydrogen-bond donors (Lipinski definition) is 0. The van der Waals surface area contributed by atoms with E-state index in [1.165, 1.54) is 0 Å². The lowest BCUT2D eigenvalue weighted by molar-refractivity contribution is -0.186. The van der Waals surface area contributed by atoms with Gasteiger partial charge in [0.05, 0.1) is 31.3 Å². The van der Waals surface area contributed by atoms with Crippen LogP contribution in [-0.4, -0.2) is 55.6 Å². The van der Waals surface area contributed by atoms with Crippen LogP contribution in [0.5, 0.6) is 0 Å². The molecule has 3 nitrogen and oxygen atoms in total. The van der Waals surface area contributed by atoms with Gasteiger partial charge >= 0.3 is 6.18 Å². The molecule has 4 atom stereocenters. The molecule has 0 amide bonds. The van der Waals surface area contributed by atoms with E-state index in [4.69, 9.17) is 9.47 Å². The average molecular weight is 279 g/mol. The molecule has 19 heavy (non-hydrogen) atoms. The SMILES string of the molecule is FC(F)(F)C1CCCC(N(CC2CO2)CC2CO2)C1. The number of ether oxygens (including phenoxy) is 2. The number of rotatable bonds is 5. The first-order valence-electron chi connectivity index (χ1n) is 7.06. The van der Waals surface area contributed by atoms with Gasteiger partial charge in [0.15, 0.2) is 0 Å². The van der Waals surface area contributed by atoms with Gasteiger partial charge in [-0.3, -0.25) is 4.90 Å². The maximum absolute atomic E-state index is 12.9. The molecule has 3 aliphatic rings. The summed E-state index contributed by atoms with van der Waals surface area (Å²) in [5, 5.41) is 0. The predicted molar refractivity (Wildman–Crippen MR) is 62.9 cm³/mol. The highest BCUT2D eigenvalue weighted by Crippen LogP contribution is 2.39. The Labute approximate surface area is 111 Å². The van der Waals surface area contributed by atoms with Crippen LogP contribution in [0.15, 0.2) is 0 Å². The zero-order valence-electron chi connectivity index (χ0n) is 10.9. The Morgan fingerprint density at radius 2 is 1.58 bits per heavy atom. The van der Waals surface area contributed by atoms with E-state index in [9.17, 15) is 13.2 Å². The summed E-state index contributed by atoms with van der Waals surface area (Å²) < 4.78 is 49.0. The van der Waals surface area contributed by atoms with Crippen molar-refractivity contribution in [1.29, 1.82) is 0 Å². The van der Waals surface area contributed by atoms with Crippen LogP contribution in [0.25, 0.3) is 0 Å². The second kappa shape index (κ2) is 5.22. The van der Waals surface area contributed by atoms with Gasteiger partial charge < -0.3 is 9.47 Å². The highest BCUT2D eigenvalue weighted by molar-refractivity contribution is 4.89. The maximum Gasteiger partial charge on any atom is 0.391 e. The third kappa shape index (κ3) is 3.83. The minimum Gasteiger partial charge on any atom is -0.372 e. The molecule has 1 aliphatic carbocycles. The molecule has 0 aromatic carbocycles. The van der Waals surface area contributed by atoms with Crippen molar-refractivity contribution < 1.29 is 22.6 Å². The lowest BCUT2D eigenvalue weighted by atomic mass is 9.84. The first-order valence-corrected chi connectivity index (χ1v) is 7.06. The van der Waals surface area contributed by atoms with Crippen LogP contribution in [0.3, 0.4) is 0 Å². The van der Waals surface area contributed by atoms with Gasteiger partial charge in [0.2, 0.25) is 0 Å². The van der Waals surface area contributed by atoms with E-state index in [1.807, 2.05) is 0 Å². The first kappa shape index (κ1) is 13.6. The fourth-order valence-corrected chi connectivity index (χ4v) is 3.04. The summed E-state index contributed by atoms with van der Waals surface area (Å²) in [5.74, 6) is -1.13. The lowest BCUT2D eigenvalue weighted by Gasteiger charge is -2.37. The molecular weight excluding hydrogens is 259 g/mol. The number of halogens is 3. The van der Waals surface area contributed by atoms with Gasteiger partial charge in [-0.15, -0.1) is 0 Å². The van der Waals surface area contributed by atoms with Gasteiger partial charge in [-0.25, -0.2) is 0 Å². The third-order valence-electron chi connectivity index (χ3n) is 4.31. The topological polar surface area (TPSA) is 28.3 Å². The van der Waals surface area contributed by atoms with Crippen LogP contribution >= 0.6 is 0 Å². The van der Waals surface area contributed by atoms with E-state index in [1.54, 1.807) is 0 Å². The molecule has 3 fully saturated rings. The normalized spacial score (nSPS) is 38.5. The zero-order valence-corrected chi connectivity index (χ0v) is 10.9. The van der Waals surface area contributed by atoms with Gasteiger partial charge in [-0.2, -0.15) is 13.2 Å². The molecule has 2 saturated heterocycles. The van der Waals surface area contributed by atoms with Crippen molar-refractivity contribution >= 4 is 0 Å². The molecule has 0 aromatic heterocycles. The summed E-state index contributed by atoms with van der Waals surface area (Å²) in [4.78, 5) is 2.17. The molecule has 0 aromatic rings. The highest BCUT2D eigenvalue weighted by atomic mass is 19.4. The Bertz CT molecular complexity index is 302. The smallest absolute Gasteiger partial charge is 0.372 e. The number of hydrogen-bond acceptors (Lipinski definition) is 3. The number of alkyl halides is 3. The van der Waals surface area contributed by atoms with E-state index < -0.39 is 12.1 Å². The molecular formula is C13H20F3NO2. The molecule has 2 heterocycles. The van der Waals surface area contributed by atoms with E-state index in [0.717, 1.165) is 32.7 Å². The number of nitrogens with zero attached hydrogens (tertiary/aromatic N) is 1. The standard InChI is InChI=1S/C13H20F3NO2/c14-13(15,16)9-2-1-3-10(4-9)17(5-11-7-18-11)6-12-8-19-12/h9-12H,1-8H2. The molecule has 0 radical (unpaired) electrons. The summed E-state index contributed by atoms with van der Waals surface area (Å²) in [7, 11) is 0. The zero-order chi connectivity index (χ0) is 13.5. The lowest BCUT2D eigenvalue weighted by Crippen LogP contribution is -2.45. The van der Waals surface area contributed by atoms with Crippen LogP contribution in [0.4, 0.5) is 13.2 Å². The molecule has 0 spiro atoms. The molecule has 110 valence electrons. The summed E-state index contributed by atoms with van der Waals surface area (Å²) in [5.41, 5.74) is 0. The monoisotopic (exact) mass is 279 g/mol. The largest absolute Gasteiger partial charge is 0.391 e. The van der Waals surface area contributed by atoms with Crippen molar-refractivity contribution in [2.24, 2.45) is 5.92 Å². The van der Waals surface area contributed by atoms with Crippen molar-refractivity contribution in [1.82, 2.24) is 4.90 Å². The highest BCUT2D eigenvalue weighted by Gasteiger charge is 2.44. The van der Waals surface area contributed by atoms with Gasteiger partial charge in [-0.05, 0) is 19.3 Å². The molecule has 2 aliphatic heterocycles. The summed E-state index contributed by atoms with van der Waals surface area (Å²) in [6.07, 6.45) is -1.53. The van der Waals surface area contributed by atoms with Crippen molar-refractivity contribution in [3.8, 4) is 0 Å². The minimum absolute atomic E-state index is 0.0359. The molecule has 3 rings (SSSR count).